The minimum absolute atomic E-state index is 0.292. The molecule has 0 aromatic carbocycles. The number of allylic oxidation sites excluding steroid dienone is 1. The molecule has 0 N–H and O–H groups in total. The summed E-state index contributed by atoms with van der Waals surface area (Å²) in [7, 11) is 0. The minimum atomic E-state index is -0.558. The number of ether oxygens (including phenoxy) is 1. The maximum absolute atomic E-state index is 11.3. The van der Waals surface area contributed by atoms with Gasteiger partial charge < -0.3 is 4.74 Å². The molecule has 1 aliphatic rings. The van der Waals surface area contributed by atoms with E-state index in [4.69, 9.17) is 11.6 Å². The van der Waals surface area contributed by atoms with Gasteiger partial charge in [-0.3, -0.25) is 4.79 Å². The van der Waals surface area contributed by atoms with Crippen LogP contribution >= 0.6 is 11.6 Å². The molecule has 0 radical (unpaired) electrons. The molecule has 5 heteroatoms. The first-order chi connectivity index (χ1) is 6.75. The lowest BCUT2D eigenvalue weighted by molar-refractivity contribution is -0.122. The molecular weight excluding hydrogens is 206 g/mol. The molecule has 78 valence electrons. The lowest BCUT2D eigenvalue weighted by Crippen LogP contribution is -2.29. The Morgan fingerprint density at radius 3 is 3.00 bits per heavy atom. The number of imide groups is 1. The number of carbonyl (C=O) groups excluding carboxylic acids is 2. The average Bonchev–Trinajstić information content (AvgIpc) is 2.59. The van der Waals surface area contributed by atoms with E-state index < -0.39 is 6.09 Å². The lowest BCUT2D eigenvalue weighted by atomic mass is 10.3. The van der Waals surface area contributed by atoms with Gasteiger partial charge in [-0.2, -0.15) is 0 Å². The normalized spacial score (nSPS) is 16.4. The lowest BCUT2D eigenvalue weighted by Gasteiger charge is -2.05. The van der Waals surface area contributed by atoms with Gasteiger partial charge in [-0.15, -0.1) is 11.6 Å². The topological polar surface area (TPSA) is 46.6 Å². The smallest absolute Gasteiger partial charge is 0.416 e. The zero-order chi connectivity index (χ0) is 10.4. The highest BCUT2D eigenvalue weighted by Crippen LogP contribution is 2.04. The Balaban J connectivity index is 2.34. The van der Waals surface area contributed by atoms with Crippen molar-refractivity contribution >= 4 is 23.6 Å². The SMILES string of the molecule is O=C(/C=C\CCCCl)N1CCOC1=O. The summed E-state index contributed by atoms with van der Waals surface area (Å²) in [4.78, 5) is 23.3. The van der Waals surface area contributed by atoms with E-state index in [0.29, 0.717) is 19.0 Å². The van der Waals surface area contributed by atoms with E-state index in [1.54, 1.807) is 6.08 Å². The molecule has 1 heterocycles. The number of nitrogens with zero attached hydrogens (tertiary/aromatic N) is 1. The van der Waals surface area contributed by atoms with Crippen LogP contribution in [-0.2, 0) is 9.53 Å². The van der Waals surface area contributed by atoms with Crippen molar-refractivity contribution in [3.8, 4) is 0 Å². The van der Waals surface area contributed by atoms with Crippen molar-refractivity contribution in [3.05, 3.63) is 12.2 Å². The summed E-state index contributed by atoms with van der Waals surface area (Å²) >= 11 is 5.46. The van der Waals surface area contributed by atoms with Crippen LogP contribution < -0.4 is 0 Å². The number of halogens is 1. The van der Waals surface area contributed by atoms with Gasteiger partial charge in [0.05, 0.1) is 6.54 Å². The van der Waals surface area contributed by atoms with E-state index in [1.165, 1.54) is 6.08 Å². The summed E-state index contributed by atoms with van der Waals surface area (Å²) in [6.45, 7) is 0.637. The summed E-state index contributed by atoms with van der Waals surface area (Å²) in [5.74, 6) is 0.256. The summed E-state index contributed by atoms with van der Waals surface area (Å²) in [6, 6.07) is 0. The molecule has 0 atom stereocenters. The molecule has 0 spiro atoms. The van der Waals surface area contributed by atoms with Gasteiger partial charge in [-0.1, -0.05) is 6.08 Å². The van der Waals surface area contributed by atoms with Crippen LogP contribution in [0.2, 0.25) is 0 Å². The summed E-state index contributed by atoms with van der Waals surface area (Å²) in [5, 5.41) is 0. The van der Waals surface area contributed by atoms with Crippen LogP contribution in [0.1, 0.15) is 12.8 Å². The van der Waals surface area contributed by atoms with Gasteiger partial charge in [-0.25, -0.2) is 9.69 Å². The molecule has 0 unspecified atom stereocenters. The third-order valence-corrected chi connectivity index (χ3v) is 2.06. The average molecular weight is 218 g/mol. The van der Waals surface area contributed by atoms with Crippen LogP contribution in [-0.4, -0.2) is 35.9 Å². The highest BCUT2D eigenvalue weighted by atomic mass is 35.5. The Kier molecular flexibility index (Phi) is 4.46. The summed E-state index contributed by atoms with van der Waals surface area (Å²) in [5.41, 5.74) is 0. The second-order valence-corrected chi connectivity index (χ2v) is 3.22. The van der Waals surface area contributed by atoms with E-state index >= 15 is 0 Å². The number of cyclic esters (lactones) is 1. The van der Waals surface area contributed by atoms with Crippen molar-refractivity contribution < 1.29 is 14.3 Å². The molecule has 2 amide bonds. The predicted molar refractivity (Wildman–Crippen MR) is 52.2 cm³/mol. The van der Waals surface area contributed by atoms with E-state index in [1.807, 2.05) is 0 Å². The molecule has 0 aromatic rings. The van der Waals surface area contributed by atoms with Crippen molar-refractivity contribution in [2.75, 3.05) is 19.0 Å². The number of carbonyl (C=O) groups is 2. The third-order valence-electron chi connectivity index (χ3n) is 1.79. The van der Waals surface area contributed by atoms with Gasteiger partial charge >= 0.3 is 6.09 Å². The zero-order valence-electron chi connectivity index (χ0n) is 7.74. The number of alkyl halides is 1. The molecule has 0 bridgehead atoms. The first-order valence-corrected chi connectivity index (χ1v) is 5.00. The molecule has 4 nitrogen and oxygen atoms in total. The van der Waals surface area contributed by atoms with Crippen molar-refractivity contribution in [2.45, 2.75) is 12.8 Å². The van der Waals surface area contributed by atoms with Crippen molar-refractivity contribution in [2.24, 2.45) is 0 Å². The van der Waals surface area contributed by atoms with Crippen LogP contribution in [0.25, 0.3) is 0 Å². The highest BCUT2D eigenvalue weighted by molar-refractivity contribution is 6.17. The Bertz CT molecular complexity index is 252. The van der Waals surface area contributed by atoms with Crippen LogP contribution in [0.4, 0.5) is 4.79 Å². The molecule has 1 saturated heterocycles. The molecule has 0 saturated carbocycles. The number of amides is 2. The first kappa shape index (κ1) is 11.0. The number of unbranched alkanes of at least 4 members (excludes halogenated alkanes) is 1. The largest absolute Gasteiger partial charge is 0.447 e. The summed E-state index contributed by atoms with van der Waals surface area (Å²) in [6.07, 6.45) is 4.13. The van der Waals surface area contributed by atoms with Gasteiger partial charge in [0.15, 0.2) is 0 Å². The van der Waals surface area contributed by atoms with E-state index in [0.717, 1.165) is 17.7 Å². The molecule has 1 fully saturated rings. The van der Waals surface area contributed by atoms with Crippen LogP contribution in [0.3, 0.4) is 0 Å². The highest BCUT2D eigenvalue weighted by Gasteiger charge is 2.26. The fraction of sp³-hybridized carbons (Fsp3) is 0.556. The number of hydrogen-bond acceptors (Lipinski definition) is 3. The van der Waals surface area contributed by atoms with Crippen molar-refractivity contribution in [1.29, 1.82) is 0 Å². The van der Waals surface area contributed by atoms with Crippen molar-refractivity contribution in [3.63, 3.8) is 0 Å². The van der Waals surface area contributed by atoms with E-state index in [9.17, 15) is 9.59 Å². The Labute approximate surface area is 87.5 Å². The van der Waals surface area contributed by atoms with Gasteiger partial charge in [0.1, 0.15) is 6.61 Å². The zero-order valence-corrected chi connectivity index (χ0v) is 8.50. The molecular formula is C9H12ClNO3. The van der Waals surface area contributed by atoms with Gasteiger partial charge in [-0.05, 0) is 18.9 Å². The van der Waals surface area contributed by atoms with Crippen molar-refractivity contribution in [1.82, 2.24) is 4.90 Å². The van der Waals surface area contributed by atoms with Crippen LogP contribution in [0.5, 0.6) is 0 Å². The Morgan fingerprint density at radius 2 is 2.43 bits per heavy atom. The fourth-order valence-electron chi connectivity index (χ4n) is 1.06. The van der Waals surface area contributed by atoms with Crippen LogP contribution in [0, 0.1) is 0 Å². The maximum Gasteiger partial charge on any atom is 0.416 e. The van der Waals surface area contributed by atoms with Gasteiger partial charge in [0.25, 0.3) is 5.91 Å². The molecule has 1 rings (SSSR count). The third kappa shape index (κ3) is 3.03. The van der Waals surface area contributed by atoms with E-state index in [2.05, 4.69) is 4.74 Å². The van der Waals surface area contributed by atoms with Gasteiger partial charge in [0, 0.05) is 5.88 Å². The molecule has 1 aliphatic heterocycles. The minimum Gasteiger partial charge on any atom is -0.447 e. The monoisotopic (exact) mass is 217 g/mol. The second kappa shape index (κ2) is 5.65. The van der Waals surface area contributed by atoms with Gasteiger partial charge in [0.2, 0.25) is 0 Å². The molecule has 0 aromatic heterocycles. The standard InChI is InChI=1S/C9H12ClNO3/c10-5-3-1-2-4-8(12)11-6-7-14-9(11)13/h2,4H,1,3,5-7H2/b4-2-. The molecule has 14 heavy (non-hydrogen) atoms. The summed E-state index contributed by atoms with van der Waals surface area (Å²) < 4.78 is 4.63. The number of rotatable bonds is 4. The fourth-order valence-corrected chi connectivity index (χ4v) is 1.22. The maximum atomic E-state index is 11.3. The van der Waals surface area contributed by atoms with E-state index in [-0.39, 0.29) is 5.91 Å². The molecule has 0 aliphatic carbocycles. The number of hydrogen-bond donors (Lipinski definition) is 0. The first-order valence-electron chi connectivity index (χ1n) is 4.46. The second-order valence-electron chi connectivity index (χ2n) is 2.84. The Hall–Kier alpha value is -1.03. The van der Waals surface area contributed by atoms with Crippen LogP contribution in [0.15, 0.2) is 12.2 Å². The predicted octanol–water partition coefficient (Wildman–Crippen LogP) is 1.54. The Morgan fingerprint density at radius 1 is 1.64 bits per heavy atom. The quantitative estimate of drug-likeness (QED) is 0.408.